The summed E-state index contributed by atoms with van der Waals surface area (Å²) in [5.41, 5.74) is 0.966. The third kappa shape index (κ3) is 5.88. The number of carboxylic acid groups (broad SMARTS) is 1. The lowest BCUT2D eigenvalue weighted by Gasteiger charge is -2.12. The molecule has 1 atom stereocenters. The molecule has 0 aliphatic rings. The number of nitrogens with zero attached hydrogens (tertiary/aromatic N) is 1. The van der Waals surface area contributed by atoms with E-state index >= 15 is 0 Å². The van der Waals surface area contributed by atoms with E-state index in [2.05, 4.69) is 10.3 Å². The van der Waals surface area contributed by atoms with E-state index < -0.39 is 5.97 Å². The van der Waals surface area contributed by atoms with E-state index in [-0.39, 0.29) is 11.9 Å². The number of hydrogen-bond donors (Lipinski definition) is 2. The normalized spacial score (nSPS) is 12.3. The molecule has 2 N–H and O–H groups in total. The molecule has 20 heavy (non-hydrogen) atoms. The lowest BCUT2D eigenvalue weighted by Crippen LogP contribution is -2.33. The predicted octanol–water partition coefficient (Wildman–Crippen LogP) is 2.05. The van der Waals surface area contributed by atoms with Gasteiger partial charge in [-0.15, -0.1) is 0 Å². The van der Waals surface area contributed by atoms with Crippen LogP contribution in [0.1, 0.15) is 29.4 Å². The number of carboxylic acids is 1. The van der Waals surface area contributed by atoms with E-state index in [4.69, 9.17) is 5.11 Å². The van der Waals surface area contributed by atoms with Crippen molar-refractivity contribution < 1.29 is 14.7 Å². The van der Waals surface area contributed by atoms with Crippen molar-refractivity contribution in [3.63, 3.8) is 0 Å². The second-order valence-corrected chi connectivity index (χ2v) is 5.29. The van der Waals surface area contributed by atoms with E-state index in [1.807, 2.05) is 13.2 Å². The molecule has 0 fully saturated rings. The van der Waals surface area contributed by atoms with Gasteiger partial charge >= 0.3 is 5.97 Å². The molecule has 1 rings (SSSR count). The first kappa shape index (κ1) is 16.2. The maximum Gasteiger partial charge on any atom is 0.328 e. The Bertz CT molecular complexity index is 486. The fourth-order valence-corrected chi connectivity index (χ4v) is 2.06. The Morgan fingerprint density at radius 3 is 2.80 bits per heavy atom. The van der Waals surface area contributed by atoms with Crippen LogP contribution in [0.25, 0.3) is 6.08 Å². The highest BCUT2D eigenvalue weighted by molar-refractivity contribution is 7.98. The smallest absolute Gasteiger partial charge is 0.328 e. The molecule has 0 aliphatic carbocycles. The summed E-state index contributed by atoms with van der Waals surface area (Å²) in [7, 11) is 0. The average molecular weight is 294 g/mol. The lowest BCUT2D eigenvalue weighted by molar-refractivity contribution is -0.131. The average Bonchev–Trinajstić information content (AvgIpc) is 2.43. The highest BCUT2D eigenvalue weighted by Gasteiger charge is 2.10. The van der Waals surface area contributed by atoms with Gasteiger partial charge in [0.05, 0.1) is 0 Å². The van der Waals surface area contributed by atoms with Gasteiger partial charge in [0.2, 0.25) is 0 Å². The van der Waals surface area contributed by atoms with Crippen LogP contribution in [-0.4, -0.2) is 40.0 Å². The maximum absolute atomic E-state index is 11.9. The summed E-state index contributed by atoms with van der Waals surface area (Å²) < 4.78 is 0. The fraction of sp³-hybridized carbons (Fsp3) is 0.357. The predicted molar refractivity (Wildman–Crippen MR) is 80.8 cm³/mol. The van der Waals surface area contributed by atoms with Gasteiger partial charge < -0.3 is 10.4 Å². The first-order valence-electron chi connectivity index (χ1n) is 6.19. The van der Waals surface area contributed by atoms with Crippen LogP contribution in [-0.2, 0) is 4.79 Å². The van der Waals surface area contributed by atoms with E-state index in [1.54, 1.807) is 23.9 Å². The molecule has 5 nitrogen and oxygen atoms in total. The summed E-state index contributed by atoms with van der Waals surface area (Å²) in [6.45, 7) is 1.96. The molecule has 1 unspecified atom stereocenters. The largest absolute Gasteiger partial charge is 0.478 e. The molecule has 0 radical (unpaired) electrons. The van der Waals surface area contributed by atoms with Gasteiger partial charge in [0.1, 0.15) is 5.69 Å². The molecule has 1 heterocycles. The van der Waals surface area contributed by atoms with Crippen LogP contribution in [0.4, 0.5) is 0 Å². The first-order valence-corrected chi connectivity index (χ1v) is 7.59. The number of aromatic nitrogens is 1. The zero-order valence-electron chi connectivity index (χ0n) is 11.5. The molecular weight excluding hydrogens is 276 g/mol. The van der Waals surface area contributed by atoms with Crippen molar-refractivity contribution in [2.24, 2.45) is 0 Å². The third-order valence-corrected chi connectivity index (χ3v) is 3.21. The lowest BCUT2D eigenvalue weighted by atomic mass is 10.2. The van der Waals surface area contributed by atoms with Crippen LogP contribution in [0.2, 0.25) is 0 Å². The minimum absolute atomic E-state index is 0.100. The Kier molecular flexibility index (Phi) is 6.79. The van der Waals surface area contributed by atoms with Crippen LogP contribution >= 0.6 is 11.8 Å². The zero-order chi connectivity index (χ0) is 15.0. The fourth-order valence-electron chi connectivity index (χ4n) is 1.47. The van der Waals surface area contributed by atoms with Gasteiger partial charge in [-0.05, 0) is 43.1 Å². The van der Waals surface area contributed by atoms with Crippen molar-refractivity contribution >= 4 is 29.7 Å². The Morgan fingerprint density at radius 2 is 2.25 bits per heavy atom. The van der Waals surface area contributed by atoms with Gasteiger partial charge in [0.25, 0.3) is 5.91 Å². The van der Waals surface area contributed by atoms with Crippen LogP contribution in [0, 0.1) is 0 Å². The van der Waals surface area contributed by atoms with Crippen LogP contribution in [0.5, 0.6) is 0 Å². The molecule has 0 aromatic carbocycles. The van der Waals surface area contributed by atoms with Gasteiger partial charge in [0, 0.05) is 18.3 Å². The summed E-state index contributed by atoms with van der Waals surface area (Å²) >= 11 is 1.74. The van der Waals surface area contributed by atoms with E-state index in [1.165, 1.54) is 12.3 Å². The van der Waals surface area contributed by atoms with Crippen molar-refractivity contribution in [1.29, 1.82) is 0 Å². The van der Waals surface area contributed by atoms with Gasteiger partial charge in [-0.1, -0.05) is 6.07 Å². The molecule has 1 amide bonds. The second-order valence-electron chi connectivity index (χ2n) is 4.30. The highest BCUT2D eigenvalue weighted by atomic mass is 32.2. The number of aliphatic carboxylic acids is 1. The Balaban J connectivity index is 2.59. The Hall–Kier alpha value is -1.82. The van der Waals surface area contributed by atoms with E-state index in [0.29, 0.717) is 11.3 Å². The Morgan fingerprint density at radius 1 is 1.50 bits per heavy atom. The SMILES string of the molecule is CSCCC(C)NC(=O)c1ccc(/C=C/C(=O)O)cn1. The van der Waals surface area contributed by atoms with Gasteiger partial charge in [-0.25, -0.2) is 4.79 Å². The number of rotatable bonds is 7. The number of nitrogens with one attached hydrogen (secondary N) is 1. The quantitative estimate of drug-likeness (QED) is 0.752. The molecule has 6 heteroatoms. The van der Waals surface area contributed by atoms with Crippen molar-refractivity contribution in [2.75, 3.05) is 12.0 Å². The van der Waals surface area contributed by atoms with E-state index in [9.17, 15) is 9.59 Å². The molecule has 0 saturated carbocycles. The number of carbonyl (C=O) groups excluding carboxylic acids is 1. The van der Waals surface area contributed by atoms with Crippen LogP contribution in [0.15, 0.2) is 24.4 Å². The molecule has 0 bridgehead atoms. The minimum atomic E-state index is -1.02. The topological polar surface area (TPSA) is 79.3 Å². The zero-order valence-corrected chi connectivity index (χ0v) is 12.3. The summed E-state index contributed by atoms with van der Waals surface area (Å²) in [4.78, 5) is 26.3. The number of carbonyl (C=O) groups is 2. The molecule has 0 saturated heterocycles. The minimum Gasteiger partial charge on any atom is -0.478 e. The summed E-state index contributed by atoms with van der Waals surface area (Å²) in [6.07, 6.45) is 6.87. The number of hydrogen-bond acceptors (Lipinski definition) is 4. The van der Waals surface area contributed by atoms with Crippen molar-refractivity contribution in [1.82, 2.24) is 10.3 Å². The van der Waals surface area contributed by atoms with E-state index in [0.717, 1.165) is 18.2 Å². The first-order chi connectivity index (χ1) is 9.52. The van der Waals surface area contributed by atoms with Crippen molar-refractivity contribution in [3.05, 3.63) is 35.7 Å². The van der Waals surface area contributed by atoms with Crippen LogP contribution < -0.4 is 5.32 Å². The van der Waals surface area contributed by atoms with Gasteiger partial charge in [-0.2, -0.15) is 11.8 Å². The number of thioether (sulfide) groups is 1. The van der Waals surface area contributed by atoms with Crippen molar-refractivity contribution in [3.8, 4) is 0 Å². The molecule has 0 aliphatic heterocycles. The van der Waals surface area contributed by atoms with Crippen LogP contribution in [0.3, 0.4) is 0 Å². The summed E-state index contributed by atoms with van der Waals surface area (Å²) in [5, 5.41) is 11.4. The molecule has 0 spiro atoms. The summed E-state index contributed by atoms with van der Waals surface area (Å²) in [5.74, 6) is -0.241. The highest BCUT2D eigenvalue weighted by Crippen LogP contribution is 2.04. The number of amides is 1. The molecule has 1 aromatic heterocycles. The summed E-state index contributed by atoms with van der Waals surface area (Å²) in [6, 6.07) is 3.34. The Labute approximate surface area is 122 Å². The molecular formula is C14H18N2O3S. The third-order valence-electron chi connectivity index (χ3n) is 2.57. The maximum atomic E-state index is 11.9. The molecule has 108 valence electrons. The number of pyridine rings is 1. The van der Waals surface area contributed by atoms with Gasteiger partial charge in [0.15, 0.2) is 0 Å². The van der Waals surface area contributed by atoms with Crippen molar-refractivity contribution in [2.45, 2.75) is 19.4 Å². The monoisotopic (exact) mass is 294 g/mol. The molecule has 1 aromatic rings. The van der Waals surface area contributed by atoms with Gasteiger partial charge in [-0.3, -0.25) is 9.78 Å². The second kappa shape index (κ2) is 8.37. The standard InChI is InChI=1S/C14H18N2O3S/c1-10(7-8-20-2)16-14(19)12-5-3-11(9-15-12)4-6-13(17)18/h3-6,9-10H,7-8H2,1-2H3,(H,16,19)(H,17,18)/b6-4+.